The Labute approximate surface area is 350 Å². The number of aromatic nitrogens is 2. The van der Waals surface area contributed by atoms with Crippen LogP contribution in [0.1, 0.15) is 50.7 Å². The van der Waals surface area contributed by atoms with Gasteiger partial charge in [-0.3, -0.25) is 24.5 Å². The standard InChI is InChI=1S/C22H20N2O2.C22H19NO2.CH4.N3.Na/c1-15-5-7-16(8-6-15)17-9-10-21-20(12-17)22(25)24-19(14-26-21)13-18-4-2-3-11-23-18;1-15-5-7-16(8-6-15)17-9-10-21-20(13-17)22(24)18(14-25-21)12-19-4-2-3-11-23-19;;1-3-2;/h2-12,19H,13-14H2,1H3,(H,24,25);2-11,13,18H,12,14H2,1H3;1H4;;/q;;;-1;+1. The molecular formula is C45H43N6NaO4. The number of benzene rings is 4. The Hall–Kier alpha value is -5.77. The van der Waals surface area contributed by atoms with Crippen LogP contribution in [-0.4, -0.2) is 40.9 Å². The maximum Gasteiger partial charge on any atom is 1.00 e. The van der Waals surface area contributed by atoms with E-state index in [1.54, 1.807) is 12.4 Å². The molecule has 0 saturated heterocycles. The van der Waals surface area contributed by atoms with Crippen LogP contribution in [0.4, 0.5) is 0 Å². The predicted molar refractivity (Wildman–Crippen MR) is 216 cm³/mol. The van der Waals surface area contributed by atoms with Crippen LogP contribution in [0.2, 0.25) is 0 Å². The van der Waals surface area contributed by atoms with Gasteiger partial charge in [0.15, 0.2) is 5.78 Å². The second kappa shape index (κ2) is 20.8. The zero-order valence-corrected chi connectivity index (χ0v) is 33.1. The van der Waals surface area contributed by atoms with Crippen LogP contribution in [-0.2, 0) is 12.8 Å². The molecule has 2 aliphatic heterocycles. The van der Waals surface area contributed by atoms with Crippen LogP contribution in [0.5, 0.6) is 11.5 Å². The van der Waals surface area contributed by atoms with Gasteiger partial charge in [0.1, 0.15) is 18.1 Å². The molecule has 1 N–H and O–H groups in total. The molecule has 2 unspecified atom stereocenters. The molecule has 0 fully saturated rings. The fourth-order valence-corrected chi connectivity index (χ4v) is 6.32. The maximum absolute atomic E-state index is 13.0. The van der Waals surface area contributed by atoms with Gasteiger partial charge in [-0.05, 0) is 84.6 Å². The van der Waals surface area contributed by atoms with Crippen LogP contribution >= 0.6 is 0 Å². The first-order valence-electron chi connectivity index (χ1n) is 17.6. The van der Waals surface area contributed by atoms with Crippen molar-refractivity contribution < 1.29 is 48.6 Å². The fourth-order valence-electron chi connectivity index (χ4n) is 6.32. The first-order valence-corrected chi connectivity index (χ1v) is 17.6. The quantitative estimate of drug-likeness (QED) is 0.0857. The van der Waals surface area contributed by atoms with E-state index in [-0.39, 0.29) is 60.6 Å². The molecule has 10 nitrogen and oxygen atoms in total. The number of Topliss-reactive ketones (excluding diaryl/α,β-unsaturated/α-hetero) is 1. The van der Waals surface area contributed by atoms with Crippen LogP contribution in [0.25, 0.3) is 38.2 Å². The summed E-state index contributed by atoms with van der Waals surface area (Å²) in [7, 11) is 0. The number of ketones is 1. The van der Waals surface area contributed by atoms with E-state index in [1.807, 2.05) is 72.8 Å². The van der Waals surface area contributed by atoms with Gasteiger partial charge in [-0.25, -0.2) is 0 Å². The van der Waals surface area contributed by atoms with Gasteiger partial charge in [-0.15, -0.1) is 0 Å². The van der Waals surface area contributed by atoms with Crippen molar-refractivity contribution in [3.63, 3.8) is 0 Å². The van der Waals surface area contributed by atoms with Gasteiger partial charge in [0.05, 0.1) is 29.7 Å². The Kier molecular flexibility index (Phi) is 15.9. The topological polar surface area (TPSA) is 149 Å². The molecule has 278 valence electrons. The number of aryl methyl sites for hydroxylation is 2. The maximum atomic E-state index is 13.0. The monoisotopic (exact) mass is 754 g/mol. The van der Waals surface area contributed by atoms with E-state index in [0.29, 0.717) is 48.7 Å². The van der Waals surface area contributed by atoms with Crippen molar-refractivity contribution in [3.8, 4) is 33.8 Å². The van der Waals surface area contributed by atoms with E-state index in [0.717, 1.165) is 33.6 Å². The number of pyridine rings is 2. The minimum absolute atomic E-state index is 0. The molecule has 4 heterocycles. The third kappa shape index (κ3) is 11.1. The van der Waals surface area contributed by atoms with E-state index in [9.17, 15) is 9.59 Å². The normalized spacial score (nSPS) is 14.9. The average Bonchev–Trinajstić information content (AvgIpc) is 3.35. The Morgan fingerprint density at radius 1 is 0.643 bits per heavy atom. The Morgan fingerprint density at radius 2 is 1.11 bits per heavy atom. The molecule has 2 aromatic heterocycles. The molecule has 2 atom stereocenters. The number of fused-ring (bicyclic) bond motifs is 2. The van der Waals surface area contributed by atoms with Crippen molar-refractivity contribution in [3.05, 3.63) is 183 Å². The first kappa shape index (κ1) is 43.0. The van der Waals surface area contributed by atoms with Crippen molar-refractivity contribution in [1.29, 1.82) is 0 Å². The van der Waals surface area contributed by atoms with E-state index in [1.165, 1.54) is 16.0 Å². The summed E-state index contributed by atoms with van der Waals surface area (Å²) in [5, 5.41) is 3.07. The third-order valence-corrected chi connectivity index (χ3v) is 9.19. The molecule has 4 aromatic carbocycles. The van der Waals surface area contributed by atoms with Gasteiger partial charge >= 0.3 is 29.6 Å². The number of hydrogen-bond donors (Lipinski definition) is 1. The van der Waals surface area contributed by atoms with Gasteiger partial charge in [-0.1, -0.05) is 91.3 Å². The zero-order chi connectivity index (χ0) is 37.9. The van der Waals surface area contributed by atoms with Crippen LogP contribution in [0.3, 0.4) is 0 Å². The molecule has 0 spiro atoms. The molecule has 6 aromatic rings. The summed E-state index contributed by atoms with van der Waals surface area (Å²) >= 11 is 0. The Bertz CT molecular complexity index is 2250. The van der Waals surface area contributed by atoms with Gasteiger partial charge in [-0.2, -0.15) is 0 Å². The number of amides is 1. The summed E-state index contributed by atoms with van der Waals surface area (Å²) in [6.45, 7) is 4.96. The van der Waals surface area contributed by atoms with E-state index < -0.39 is 0 Å². The Morgan fingerprint density at radius 3 is 1.62 bits per heavy atom. The van der Waals surface area contributed by atoms with Crippen LogP contribution < -0.4 is 44.3 Å². The number of carbonyl (C=O) groups excluding carboxylic acids is 2. The number of nitrogens with zero attached hydrogens (tertiary/aromatic N) is 5. The third-order valence-electron chi connectivity index (χ3n) is 9.19. The summed E-state index contributed by atoms with van der Waals surface area (Å²) in [4.78, 5) is 35.8. The number of hydrogen-bond acceptors (Lipinski definition) is 6. The molecule has 0 aliphatic carbocycles. The predicted octanol–water partition coefficient (Wildman–Crippen LogP) is 6.79. The molecule has 0 radical (unpaired) electrons. The summed E-state index contributed by atoms with van der Waals surface area (Å²) in [6, 6.07) is 39.7. The van der Waals surface area contributed by atoms with E-state index in [2.05, 4.69) is 77.7 Å². The minimum atomic E-state index is -0.185. The second-order valence-electron chi connectivity index (χ2n) is 13.1. The molecule has 2 aliphatic rings. The van der Waals surface area contributed by atoms with Gasteiger partial charge in [0.25, 0.3) is 5.91 Å². The van der Waals surface area contributed by atoms with Gasteiger partial charge < -0.3 is 25.9 Å². The molecule has 56 heavy (non-hydrogen) atoms. The molecule has 1 amide bonds. The minimum Gasteiger partial charge on any atom is -0.492 e. The molecule has 8 rings (SSSR count). The van der Waals surface area contributed by atoms with E-state index >= 15 is 0 Å². The molecule has 0 bridgehead atoms. The van der Waals surface area contributed by atoms with Crippen molar-refractivity contribution >= 4 is 11.7 Å². The summed E-state index contributed by atoms with van der Waals surface area (Å²) in [5.41, 5.74) is 23.3. The largest absolute Gasteiger partial charge is 1.00 e. The van der Waals surface area contributed by atoms with Crippen molar-refractivity contribution in [2.24, 2.45) is 5.92 Å². The SMILES string of the molecule is C.Cc1ccc(-c2ccc3c(c2)C(=O)C(Cc2ccccn2)CO3)cc1.Cc1ccc(-c2ccc3c(c2)C(=O)NC(Cc2ccccn2)CO3)cc1.[N-]=[N+]=[N-].[Na+]. The number of carbonyl (C=O) groups is 2. The summed E-state index contributed by atoms with van der Waals surface area (Å²) in [6.07, 6.45) is 4.77. The Balaban J connectivity index is 0.000000225. The van der Waals surface area contributed by atoms with Gasteiger partial charge in [0, 0.05) is 36.6 Å². The van der Waals surface area contributed by atoms with Crippen molar-refractivity contribution in [2.45, 2.75) is 40.2 Å². The second-order valence-corrected chi connectivity index (χ2v) is 13.1. The molecule has 0 saturated carbocycles. The average molecular weight is 755 g/mol. The zero-order valence-electron chi connectivity index (χ0n) is 31.1. The van der Waals surface area contributed by atoms with Crippen molar-refractivity contribution in [2.75, 3.05) is 13.2 Å². The number of nitrogens with one attached hydrogen (secondary N) is 1. The van der Waals surface area contributed by atoms with E-state index in [4.69, 9.17) is 20.5 Å². The number of ether oxygens (including phenoxy) is 2. The van der Waals surface area contributed by atoms with Crippen LogP contribution in [0, 0.1) is 19.8 Å². The van der Waals surface area contributed by atoms with Crippen molar-refractivity contribution in [1.82, 2.24) is 15.3 Å². The number of rotatable bonds is 6. The molecular weight excluding hydrogens is 712 g/mol. The van der Waals surface area contributed by atoms with Crippen LogP contribution in [0.15, 0.2) is 134 Å². The fraction of sp³-hybridized carbons (Fsp3) is 0.200. The summed E-state index contributed by atoms with van der Waals surface area (Å²) < 4.78 is 11.7. The smallest absolute Gasteiger partial charge is 0.492 e. The summed E-state index contributed by atoms with van der Waals surface area (Å²) in [5.74, 6) is 1.16. The van der Waals surface area contributed by atoms with Gasteiger partial charge in [0.2, 0.25) is 0 Å². The first-order chi connectivity index (χ1) is 26.3. The molecule has 11 heteroatoms.